The number of hydrogen-bond acceptors (Lipinski definition) is 3. The van der Waals surface area contributed by atoms with E-state index in [1.54, 1.807) is 12.1 Å². The van der Waals surface area contributed by atoms with Gasteiger partial charge in [-0.15, -0.1) is 0 Å². The molecule has 1 aromatic carbocycles. The van der Waals surface area contributed by atoms with Crippen molar-refractivity contribution in [3.05, 3.63) is 29.3 Å². The summed E-state index contributed by atoms with van der Waals surface area (Å²) in [5.41, 5.74) is 1.42. The van der Waals surface area contributed by atoms with Gasteiger partial charge in [-0.3, -0.25) is 9.69 Å². The molecule has 1 aliphatic heterocycles. The van der Waals surface area contributed by atoms with Crippen LogP contribution in [0.15, 0.2) is 18.2 Å². The van der Waals surface area contributed by atoms with Crippen LogP contribution in [0.1, 0.15) is 28.8 Å². The van der Waals surface area contributed by atoms with Crippen molar-refractivity contribution in [1.82, 2.24) is 10.2 Å². The summed E-state index contributed by atoms with van der Waals surface area (Å²) in [4.78, 5) is 13.7. The average Bonchev–Trinajstić information content (AvgIpc) is 2.51. The first-order valence-corrected chi connectivity index (χ1v) is 8.00. The first kappa shape index (κ1) is 18.6. The van der Waals surface area contributed by atoms with E-state index < -0.39 is 12.7 Å². The van der Waals surface area contributed by atoms with Crippen LogP contribution in [0.3, 0.4) is 0 Å². The number of rotatable bonds is 5. The molecule has 0 bridgehead atoms. The molecule has 134 valence electrons. The van der Waals surface area contributed by atoms with Gasteiger partial charge in [0.1, 0.15) is 5.75 Å². The minimum Gasteiger partial charge on any atom is -0.496 e. The minimum absolute atomic E-state index is 0.0292. The van der Waals surface area contributed by atoms with Crippen LogP contribution in [0.25, 0.3) is 0 Å². The molecular weight excluding hydrogens is 321 g/mol. The Morgan fingerprint density at radius 1 is 1.42 bits per heavy atom. The maximum Gasteiger partial charge on any atom is 0.401 e. The van der Waals surface area contributed by atoms with E-state index in [4.69, 9.17) is 4.74 Å². The van der Waals surface area contributed by atoms with E-state index in [1.165, 1.54) is 12.0 Å². The number of ether oxygens (including phenoxy) is 1. The van der Waals surface area contributed by atoms with Crippen LogP contribution in [0.2, 0.25) is 0 Å². The van der Waals surface area contributed by atoms with Gasteiger partial charge in [0.2, 0.25) is 0 Å². The summed E-state index contributed by atoms with van der Waals surface area (Å²) in [7, 11) is 1.50. The zero-order valence-electron chi connectivity index (χ0n) is 13.9. The van der Waals surface area contributed by atoms with Crippen LogP contribution in [0.5, 0.6) is 5.75 Å². The minimum atomic E-state index is -4.18. The molecule has 2 rings (SSSR count). The number of halogens is 3. The molecule has 1 amide bonds. The molecule has 1 fully saturated rings. The SMILES string of the molecule is COc1cc(C)ccc1C(=O)NCC1CCCN(CC(F)(F)F)C1. The number of alkyl halides is 3. The lowest BCUT2D eigenvalue weighted by Crippen LogP contribution is -2.44. The second kappa shape index (κ2) is 7.88. The Balaban J connectivity index is 1.89. The van der Waals surface area contributed by atoms with Gasteiger partial charge in [0, 0.05) is 13.1 Å². The third-order valence-corrected chi connectivity index (χ3v) is 4.16. The standard InChI is InChI=1S/C17H23F3N2O2/c1-12-5-6-14(15(8-12)24-2)16(23)21-9-13-4-3-7-22(10-13)11-17(18,19)20/h5-6,8,13H,3-4,7,9-11H2,1-2H3,(H,21,23). The maximum atomic E-state index is 12.5. The average molecular weight is 344 g/mol. The Morgan fingerprint density at radius 3 is 2.83 bits per heavy atom. The Hall–Kier alpha value is -1.76. The molecule has 0 aromatic heterocycles. The summed E-state index contributed by atoms with van der Waals surface area (Å²) < 4.78 is 42.7. The van der Waals surface area contributed by atoms with Crippen LogP contribution in [0.4, 0.5) is 13.2 Å². The quantitative estimate of drug-likeness (QED) is 0.893. The lowest BCUT2D eigenvalue weighted by Gasteiger charge is -2.33. The van der Waals surface area contributed by atoms with E-state index in [0.29, 0.717) is 37.4 Å². The molecule has 0 saturated carbocycles. The number of aryl methyl sites for hydroxylation is 1. The highest BCUT2D eigenvalue weighted by molar-refractivity contribution is 5.97. The topological polar surface area (TPSA) is 41.6 Å². The Morgan fingerprint density at radius 2 is 2.17 bits per heavy atom. The van der Waals surface area contributed by atoms with Crippen LogP contribution in [-0.2, 0) is 0 Å². The molecule has 1 aliphatic rings. The summed E-state index contributed by atoms with van der Waals surface area (Å²) in [6.45, 7) is 2.19. The number of carbonyl (C=O) groups is 1. The van der Waals surface area contributed by atoms with E-state index >= 15 is 0 Å². The van der Waals surface area contributed by atoms with Crippen LogP contribution >= 0.6 is 0 Å². The summed E-state index contributed by atoms with van der Waals surface area (Å²) in [6.07, 6.45) is -2.65. The Kier molecular flexibility index (Phi) is 6.10. The van der Waals surface area contributed by atoms with Gasteiger partial charge >= 0.3 is 6.18 Å². The summed E-state index contributed by atoms with van der Waals surface area (Å²) in [5, 5.41) is 2.82. The van der Waals surface area contributed by atoms with Crippen molar-refractivity contribution in [2.45, 2.75) is 25.9 Å². The third kappa shape index (κ3) is 5.40. The zero-order chi connectivity index (χ0) is 17.7. The van der Waals surface area contributed by atoms with Crippen molar-refractivity contribution < 1.29 is 22.7 Å². The van der Waals surface area contributed by atoms with Gasteiger partial charge in [-0.1, -0.05) is 6.07 Å². The molecule has 24 heavy (non-hydrogen) atoms. The second-order valence-corrected chi connectivity index (χ2v) is 6.27. The molecule has 1 unspecified atom stereocenters. The number of amides is 1. The van der Waals surface area contributed by atoms with E-state index in [9.17, 15) is 18.0 Å². The Labute approximate surface area is 140 Å². The largest absolute Gasteiger partial charge is 0.496 e. The number of benzene rings is 1. The summed E-state index contributed by atoms with van der Waals surface area (Å²) in [6, 6.07) is 5.30. The first-order chi connectivity index (χ1) is 11.3. The molecule has 0 radical (unpaired) electrons. The van der Waals surface area contributed by atoms with E-state index in [1.807, 2.05) is 13.0 Å². The number of piperidine rings is 1. The number of carbonyl (C=O) groups excluding carboxylic acids is 1. The molecular formula is C17H23F3N2O2. The molecule has 0 spiro atoms. The van der Waals surface area contributed by atoms with E-state index in [0.717, 1.165) is 12.0 Å². The fraction of sp³-hybridized carbons (Fsp3) is 0.588. The van der Waals surface area contributed by atoms with Crippen LogP contribution in [-0.4, -0.2) is 50.3 Å². The molecule has 4 nitrogen and oxygen atoms in total. The smallest absolute Gasteiger partial charge is 0.401 e. The molecule has 1 atom stereocenters. The molecule has 1 saturated heterocycles. The van der Waals surface area contributed by atoms with Crippen molar-refractivity contribution >= 4 is 5.91 Å². The lowest BCUT2D eigenvalue weighted by molar-refractivity contribution is -0.149. The van der Waals surface area contributed by atoms with Crippen molar-refractivity contribution in [3.63, 3.8) is 0 Å². The van der Waals surface area contributed by atoms with Gasteiger partial charge in [-0.25, -0.2) is 0 Å². The number of nitrogens with one attached hydrogen (secondary N) is 1. The Bertz CT molecular complexity index is 575. The fourth-order valence-electron chi connectivity index (χ4n) is 3.03. The van der Waals surface area contributed by atoms with E-state index in [-0.39, 0.29) is 11.8 Å². The molecule has 7 heteroatoms. The van der Waals surface area contributed by atoms with Gasteiger partial charge in [0.05, 0.1) is 19.2 Å². The predicted octanol–water partition coefficient (Wildman–Crippen LogP) is 3.01. The predicted molar refractivity (Wildman–Crippen MR) is 85.3 cm³/mol. The van der Waals surface area contributed by atoms with Crippen molar-refractivity contribution in [3.8, 4) is 5.75 Å². The van der Waals surface area contributed by atoms with Gasteiger partial charge in [-0.2, -0.15) is 13.2 Å². The first-order valence-electron chi connectivity index (χ1n) is 8.00. The molecule has 1 aromatic rings. The normalized spacial score (nSPS) is 19.1. The number of methoxy groups -OCH3 is 1. The zero-order valence-corrected chi connectivity index (χ0v) is 13.9. The van der Waals surface area contributed by atoms with Gasteiger partial charge < -0.3 is 10.1 Å². The van der Waals surface area contributed by atoms with Crippen molar-refractivity contribution in [2.75, 3.05) is 33.3 Å². The van der Waals surface area contributed by atoms with Crippen LogP contribution in [0, 0.1) is 12.8 Å². The molecule has 1 N–H and O–H groups in total. The lowest BCUT2D eigenvalue weighted by atomic mass is 9.97. The van der Waals surface area contributed by atoms with Crippen LogP contribution < -0.4 is 10.1 Å². The van der Waals surface area contributed by atoms with Crippen molar-refractivity contribution in [2.24, 2.45) is 5.92 Å². The van der Waals surface area contributed by atoms with Gasteiger partial charge in [-0.05, 0) is 49.9 Å². The number of hydrogen-bond donors (Lipinski definition) is 1. The summed E-state index contributed by atoms with van der Waals surface area (Å²) >= 11 is 0. The molecule has 1 heterocycles. The monoisotopic (exact) mass is 344 g/mol. The number of likely N-dealkylation sites (tertiary alicyclic amines) is 1. The van der Waals surface area contributed by atoms with Crippen molar-refractivity contribution in [1.29, 1.82) is 0 Å². The highest BCUT2D eigenvalue weighted by Crippen LogP contribution is 2.23. The van der Waals surface area contributed by atoms with Gasteiger partial charge in [0.15, 0.2) is 0 Å². The van der Waals surface area contributed by atoms with Gasteiger partial charge in [0.25, 0.3) is 5.91 Å². The van der Waals surface area contributed by atoms with E-state index in [2.05, 4.69) is 5.32 Å². The third-order valence-electron chi connectivity index (χ3n) is 4.16. The number of nitrogens with zero attached hydrogens (tertiary/aromatic N) is 1. The fourth-order valence-corrected chi connectivity index (χ4v) is 3.03. The molecule has 0 aliphatic carbocycles. The maximum absolute atomic E-state index is 12.5. The highest BCUT2D eigenvalue weighted by Gasteiger charge is 2.33. The second-order valence-electron chi connectivity index (χ2n) is 6.27. The highest BCUT2D eigenvalue weighted by atomic mass is 19.4. The summed E-state index contributed by atoms with van der Waals surface area (Å²) in [5.74, 6) is 0.260.